The summed E-state index contributed by atoms with van der Waals surface area (Å²) < 4.78 is 0. The summed E-state index contributed by atoms with van der Waals surface area (Å²) in [6.45, 7) is 0. The van der Waals surface area contributed by atoms with Crippen molar-refractivity contribution in [1.82, 2.24) is 15.0 Å². The van der Waals surface area contributed by atoms with Crippen LogP contribution >= 0.6 is 0 Å². The Morgan fingerprint density at radius 1 is 0.254 bits per heavy atom. The molecule has 1 aliphatic carbocycles. The highest BCUT2D eigenvalue weighted by molar-refractivity contribution is 5.97. The van der Waals surface area contributed by atoms with Gasteiger partial charge in [0.2, 0.25) is 0 Å². The molecule has 0 fully saturated rings. The van der Waals surface area contributed by atoms with Crippen molar-refractivity contribution >= 4 is 10.8 Å². The Balaban J connectivity index is 1.15. The van der Waals surface area contributed by atoms with Gasteiger partial charge in [-0.1, -0.05) is 206 Å². The lowest BCUT2D eigenvalue weighted by Gasteiger charge is -2.34. The third-order valence-corrected chi connectivity index (χ3v) is 11.8. The van der Waals surface area contributed by atoms with Gasteiger partial charge in [0.25, 0.3) is 0 Å². The number of hydrogen-bond acceptors (Lipinski definition) is 3. The van der Waals surface area contributed by atoms with Gasteiger partial charge in [-0.05, 0) is 84.6 Å². The quantitative estimate of drug-likeness (QED) is 0.163. The number of benzene rings is 9. The molecule has 3 heteroatoms. The Hall–Kier alpha value is -7.75. The van der Waals surface area contributed by atoms with Gasteiger partial charge in [-0.25, -0.2) is 15.0 Å². The van der Waals surface area contributed by atoms with Crippen molar-refractivity contribution in [3.8, 4) is 67.5 Å². The maximum Gasteiger partial charge on any atom is 0.164 e. The lowest BCUT2D eigenvalue weighted by Crippen LogP contribution is -2.28. The van der Waals surface area contributed by atoms with Crippen molar-refractivity contribution in [2.45, 2.75) is 5.41 Å². The van der Waals surface area contributed by atoms with Gasteiger partial charge in [0, 0.05) is 16.7 Å². The van der Waals surface area contributed by atoms with E-state index in [0.717, 1.165) is 44.2 Å². The second-order valence-corrected chi connectivity index (χ2v) is 15.1. The largest absolute Gasteiger partial charge is 0.208 e. The van der Waals surface area contributed by atoms with Crippen LogP contribution in [0.5, 0.6) is 0 Å². The van der Waals surface area contributed by atoms with Crippen molar-refractivity contribution < 1.29 is 0 Å². The molecule has 10 aromatic rings. The van der Waals surface area contributed by atoms with Crippen LogP contribution in [0.25, 0.3) is 78.3 Å². The first kappa shape index (κ1) is 34.5. The second-order valence-electron chi connectivity index (χ2n) is 15.1. The topological polar surface area (TPSA) is 38.7 Å². The van der Waals surface area contributed by atoms with Crippen molar-refractivity contribution in [3.05, 3.63) is 247 Å². The van der Waals surface area contributed by atoms with Crippen LogP contribution in [-0.2, 0) is 5.41 Å². The molecule has 0 atom stereocenters. The van der Waals surface area contributed by atoms with Crippen LogP contribution in [-0.4, -0.2) is 15.0 Å². The first-order valence-corrected chi connectivity index (χ1v) is 20.1. The van der Waals surface area contributed by atoms with Crippen LogP contribution < -0.4 is 0 Å². The third kappa shape index (κ3) is 5.86. The summed E-state index contributed by atoms with van der Waals surface area (Å²) in [5, 5.41) is 2.28. The SMILES string of the molecule is c1ccc(-c2ccc(-c3nc(-c4ccccc4)nc(-c4cc5ccccc5cc4-c4ccc5c(c4)C(c4ccccc4)(c4ccccc4)c4ccccc4-5)n3)cc2)cc1. The van der Waals surface area contributed by atoms with Crippen molar-refractivity contribution in [1.29, 1.82) is 0 Å². The molecule has 0 saturated heterocycles. The first-order valence-electron chi connectivity index (χ1n) is 20.1. The van der Waals surface area contributed by atoms with E-state index in [1.54, 1.807) is 0 Å². The molecule has 276 valence electrons. The summed E-state index contributed by atoms with van der Waals surface area (Å²) in [5.41, 5.74) is 14.3. The highest BCUT2D eigenvalue weighted by atomic mass is 15.0. The lowest BCUT2D eigenvalue weighted by atomic mass is 9.67. The Morgan fingerprint density at radius 3 is 1.31 bits per heavy atom. The van der Waals surface area contributed by atoms with Gasteiger partial charge in [0.15, 0.2) is 17.5 Å². The Labute approximate surface area is 344 Å². The maximum absolute atomic E-state index is 5.30. The molecule has 0 N–H and O–H groups in total. The molecule has 0 radical (unpaired) electrons. The summed E-state index contributed by atoms with van der Waals surface area (Å²) in [7, 11) is 0. The summed E-state index contributed by atoms with van der Waals surface area (Å²) in [6, 6.07) is 80.1. The molecular formula is C56H37N3. The minimum atomic E-state index is -0.520. The predicted octanol–water partition coefficient (Wildman–Crippen LogP) is 13.7. The summed E-state index contributed by atoms with van der Waals surface area (Å²) in [4.78, 5) is 15.7. The van der Waals surface area contributed by atoms with E-state index in [2.05, 4.69) is 200 Å². The molecule has 3 nitrogen and oxygen atoms in total. The zero-order chi connectivity index (χ0) is 39.2. The van der Waals surface area contributed by atoms with E-state index in [9.17, 15) is 0 Å². The molecule has 0 spiro atoms. The molecule has 0 aliphatic heterocycles. The van der Waals surface area contributed by atoms with E-state index in [-0.39, 0.29) is 0 Å². The van der Waals surface area contributed by atoms with Gasteiger partial charge in [-0.2, -0.15) is 0 Å². The van der Waals surface area contributed by atoms with Gasteiger partial charge >= 0.3 is 0 Å². The van der Waals surface area contributed by atoms with Crippen molar-refractivity contribution in [3.63, 3.8) is 0 Å². The Morgan fingerprint density at radius 2 is 0.678 bits per heavy atom. The van der Waals surface area contributed by atoms with Crippen LogP contribution in [0.1, 0.15) is 22.3 Å². The standard InChI is InChI=1S/C56H37N3/c1-5-17-38(18-6-1)39-29-31-41(32-30-39)54-57-53(40-19-7-2-8-20-40)58-55(59-54)50-36-43-22-14-13-21-42(43)35-49(50)44-33-34-48-47-27-15-16-28-51(47)56(52(48)37-44,45-23-9-3-10-24-45)46-25-11-4-12-26-46/h1-37H. The van der Waals surface area contributed by atoms with E-state index in [4.69, 9.17) is 15.0 Å². The van der Waals surface area contributed by atoms with Crippen molar-refractivity contribution in [2.75, 3.05) is 0 Å². The summed E-state index contributed by atoms with van der Waals surface area (Å²) in [6.07, 6.45) is 0. The van der Waals surface area contributed by atoms with Crippen LogP contribution in [0.3, 0.4) is 0 Å². The maximum atomic E-state index is 5.30. The van der Waals surface area contributed by atoms with E-state index in [0.29, 0.717) is 17.5 Å². The van der Waals surface area contributed by atoms with Crippen LogP contribution in [0, 0.1) is 0 Å². The van der Waals surface area contributed by atoms with E-state index in [1.807, 2.05) is 24.3 Å². The van der Waals surface area contributed by atoms with Crippen LogP contribution in [0.15, 0.2) is 224 Å². The monoisotopic (exact) mass is 751 g/mol. The summed E-state index contributed by atoms with van der Waals surface area (Å²) >= 11 is 0. The molecule has 0 bridgehead atoms. The number of nitrogens with zero attached hydrogens (tertiary/aromatic N) is 3. The number of rotatable bonds is 7. The molecule has 9 aromatic carbocycles. The average molecular weight is 752 g/mol. The Kier molecular flexibility index (Phi) is 8.37. The smallest absolute Gasteiger partial charge is 0.164 e. The average Bonchev–Trinajstić information content (AvgIpc) is 3.62. The normalized spacial score (nSPS) is 12.5. The number of hydrogen-bond donors (Lipinski definition) is 0. The highest BCUT2D eigenvalue weighted by Gasteiger charge is 2.46. The molecule has 0 unspecified atom stereocenters. The summed E-state index contributed by atoms with van der Waals surface area (Å²) in [5.74, 6) is 1.89. The van der Waals surface area contributed by atoms with Gasteiger partial charge in [-0.3, -0.25) is 0 Å². The van der Waals surface area contributed by atoms with Crippen LogP contribution in [0.2, 0.25) is 0 Å². The highest BCUT2D eigenvalue weighted by Crippen LogP contribution is 2.57. The molecule has 1 aliphatic rings. The third-order valence-electron chi connectivity index (χ3n) is 11.8. The van der Waals surface area contributed by atoms with Gasteiger partial charge in [0.1, 0.15) is 0 Å². The minimum Gasteiger partial charge on any atom is -0.208 e. The fourth-order valence-corrected chi connectivity index (χ4v) is 9.06. The Bertz CT molecular complexity index is 3080. The van der Waals surface area contributed by atoms with Gasteiger partial charge in [-0.15, -0.1) is 0 Å². The fourth-order valence-electron chi connectivity index (χ4n) is 9.06. The molecule has 0 amide bonds. The molecule has 1 aromatic heterocycles. The second kappa shape index (κ2) is 14.3. The molecule has 1 heterocycles. The minimum absolute atomic E-state index is 0.520. The van der Waals surface area contributed by atoms with E-state index in [1.165, 1.54) is 38.9 Å². The molecule has 59 heavy (non-hydrogen) atoms. The van der Waals surface area contributed by atoms with E-state index >= 15 is 0 Å². The molecule has 11 rings (SSSR count). The van der Waals surface area contributed by atoms with Gasteiger partial charge < -0.3 is 0 Å². The van der Waals surface area contributed by atoms with E-state index < -0.39 is 5.41 Å². The van der Waals surface area contributed by atoms with Crippen LogP contribution in [0.4, 0.5) is 0 Å². The number of fused-ring (bicyclic) bond motifs is 4. The lowest BCUT2D eigenvalue weighted by molar-refractivity contribution is 0.769. The zero-order valence-corrected chi connectivity index (χ0v) is 32.2. The first-order chi connectivity index (χ1) is 29.2. The molecular weight excluding hydrogens is 715 g/mol. The van der Waals surface area contributed by atoms with Gasteiger partial charge in [0.05, 0.1) is 5.41 Å². The molecule has 0 saturated carbocycles. The predicted molar refractivity (Wildman–Crippen MR) is 242 cm³/mol. The van der Waals surface area contributed by atoms with Crippen molar-refractivity contribution in [2.24, 2.45) is 0 Å². The zero-order valence-electron chi connectivity index (χ0n) is 32.2. The fraction of sp³-hybridized carbons (Fsp3) is 0.0179. The number of aromatic nitrogens is 3.